The number of halogens is 2. The van der Waals surface area contributed by atoms with Crippen molar-refractivity contribution in [1.82, 2.24) is 25.1 Å². The van der Waals surface area contributed by atoms with Gasteiger partial charge in [0, 0.05) is 31.7 Å². The lowest BCUT2D eigenvalue weighted by atomic mass is 9.83. The molecule has 8 heteroatoms. The van der Waals surface area contributed by atoms with Gasteiger partial charge in [0.2, 0.25) is 0 Å². The van der Waals surface area contributed by atoms with Gasteiger partial charge in [0.15, 0.2) is 11.6 Å². The number of nitrogens with zero attached hydrogens (tertiary/aromatic N) is 5. The molecule has 4 heterocycles. The van der Waals surface area contributed by atoms with Crippen molar-refractivity contribution >= 4 is 5.82 Å². The molecule has 6 rings (SSSR count). The second-order valence-corrected chi connectivity index (χ2v) is 10.2. The maximum absolute atomic E-state index is 13.1. The lowest BCUT2D eigenvalue weighted by molar-refractivity contribution is 0.141. The van der Waals surface area contributed by atoms with Gasteiger partial charge in [0.1, 0.15) is 5.82 Å². The van der Waals surface area contributed by atoms with Crippen LogP contribution in [0.3, 0.4) is 0 Å². The highest BCUT2D eigenvalue weighted by Crippen LogP contribution is 2.44. The number of rotatable bonds is 6. The molecule has 1 N–H and O–H groups in total. The Hall–Kier alpha value is -3.65. The fourth-order valence-electron chi connectivity index (χ4n) is 5.85. The van der Waals surface area contributed by atoms with Crippen LogP contribution in [0.5, 0.6) is 0 Å². The lowest BCUT2D eigenvalue weighted by Gasteiger charge is -2.47. The van der Waals surface area contributed by atoms with E-state index in [2.05, 4.69) is 85.6 Å². The summed E-state index contributed by atoms with van der Waals surface area (Å²) in [5.41, 5.74) is 5.13. The number of alkyl halides is 2. The van der Waals surface area contributed by atoms with E-state index in [-0.39, 0.29) is 11.4 Å². The van der Waals surface area contributed by atoms with Gasteiger partial charge in [-0.25, -0.2) is 18.7 Å². The molecule has 4 aromatic rings. The summed E-state index contributed by atoms with van der Waals surface area (Å²) in [7, 11) is 0. The third kappa shape index (κ3) is 4.62. The predicted molar refractivity (Wildman–Crippen MR) is 139 cm³/mol. The Morgan fingerprint density at radius 3 is 2.32 bits per heavy atom. The number of aromatic amines is 1. The highest BCUT2D eigenvalue weighted by atomic mass is 19.3. The van der Waals surface area contributed by atoms with Crippen molar-refractivity contribution in [2.45, 2.75) is 51.2 Å². The van der Waals surface area contributed by atoms with Gasteiger partial charge in [-0.1, -0.05) is 60.7 Å². The minimum Gasteiger partial charge on any atom is -0.345 e. The number of H-pyrrole nitrogens is 1. The molecule has 2 aliphatic heterocycles. The van der Waals surface area contributed by atoms with Crippen LogP contribution >= 0.6 is 0 Å². The summed E-state index contributed by atoms with van der Waals surface area (Å²) in [5, 5.41) is 6.41. The zero-order chi connectivity index (χ0) is 25.4. The Morgan fingerprint density at radius 2 is 1.65 bits per heavy atom. The van der Waals surface area contributed by atoms with Crippen LogP contribution in [0.2, 0.25) is 0 Å². The van der Waals surface area contributed by atoms with Crippen molar-refractivity contribution in [2.24, 2.45) is 0 Å². The van der Waals surface area contributed by atoms with Gasteiger partial charge in [0.25, 0.3) is 6.43 Å². The zero-order valence-electron chi connectivity index (χ0n) is 20.9. The smallest absolute Gasteiger partial charge is 0.296 e. The molecule has 1 fully saturated rings. The number of hydrogen-bond acceptors (Lipinski definition) is 5. The van der Waals surface area contributed by atoms with Gasteiger partial charge in [-0.05, 0) is 48.9 Å². The van der Waals surface area contributed by atoms with E-state index in [9.17, 15) is 8.78 Å². The van der Waals surface area contributed by atoms with Gasteiger partial charge < -0.3 is 4.90 Å². The van der Waals surface area contributed by atoms with E-state index in [1.54, 1.807) is 0 Å². The summed E-state index contributed by atoms with van der Waals surface area (Å²) in [6.07, 6.45) is 0.285. The van der Waals surface area contributed by atoms with Crippen LogP contribution < -0.4 is 4.90 Å². The number of aryl methyl sites for hydroxylation is 2. The van der Waals surface area contributed by atoms with E-state index >= 15 is 0 Å². The predicted octanol–water partition coefficient (Wildman–Crippen LogP) is 5.71. The van der Waals surface area contributed by atoms with Crippen LogP contribution in [-0.2, 0) is 19.5 Å². The van der Waals surface area contributed by atoms with Crippen LogP contribution in [0, 0.1) is 6.92 Å². The molecule has 190 valence electrons. The van der Waals surface area contributed by atoms with E-state index < -0.39 is 12.2 Å². The molecule has 2 aromatic heterocycles. The van der Waals surface area contributed by atoms with Crippen molar-refractivity contribution in [1.29, 1.82) is 0 Å². The van der Waals surface area contributed by atoms with Crippen LogP contribution in [0.15, 0.2) is 66.7 Å². The molecule has 0 amide bonds. The average molecular weight is 501 g/mol. The standard InChI is InChI=1S/C29H30F2N6/c1-20-24(26-33-27(25(30)31)35-34-26)16-23-12-13-29(14-15-36(19-29)17-21-8-4-2-5-9-21)37(28(23)32-20)18-22-10-6-3-7-11-22/h2-11,16,25H,12-15,17-19H2,1H3,(H,33,34,35). The Bertz CT molecular complexity index is 1370. The molecule has 2 aromatic carbocycles. The highest BCUT2D eigenvalue weighted by molar-refractivity contribution is 5.66. The lowest BCUT2D eigenvalue weighted by Crippen LogP contribution is -2.53. The highest BCUT2D eigenvalue weighted by Gasteiger charge is 2.46. The summed E-state index contributed by atoms with van der Waals surface area (Å²) in [5.74, 6) is 0.844. The van der Waals surface area contributed by atoms with E-state index in [1.165, 1.54) is 11.1 Å². The van der Waals surface area contributed by atoms with Crippen LogP contribution in [0.25, 0.3) is 11.4 Å². The summed E-state index contributed by atoms with van der Waals surface area (Å²) in [4.78, 5) is 14.2. The van der Waals surface area contributed by atoms with Crippen molar-refractivity contribution in [3.63, 3.8) is 0 Å². The van der Waals surface area contributed by atoms with E-state index in [0.717, 1.165) is 62.5 Å². The molecule has 0 saturated carbocycles. The first-order valence-corrected chi connectivity index (χ1v) is 12.8. The van der Waals surface area contributed by atoms with Gasteiger partial charge in [0.05, 0.1) is 11.2 Å². The quantitative estimate of drug-likeness (QED) is 0.368. The summed E-state index contributed by atoms with van der Waals surface area (Å²) < 4.78 is 26.2. The Morgan fingerprint density at radius 1 is 0.946 bits per heavy atom. The Balaban J connectivity index is 1.35. The second-order valence-electron chi connectivity index (χ2n) is 10.2. The minimum atomic E-state index is -2.69. The summed E-state index contributed by atoms with van der Waals surface area (Å²) in [6.45, 7) is 5.65. The first-order valence-electron chi connectivity index (χ1n) is 12.8. The van der Waals surface area contributed by atoms with E-state index in [1.807, 2.05) is 13.0 Å². The maximum atomic E-state index is 13.1. The Kier molecular flexibility index (Phi) is 6.20. The molecule has 37 heavy (non-hydrogen) atoms. The topological polar surface area (TPSA) is 60.9 Å². The molecule has 1 saturated heterocycles. The third-order valence-electron chi connectivity index (χ3n) is 7.75. The number of likely N-dealkylation sites (tertiary alicyclic amines) is 1. The zero-order valence-corrected chi connectivity index (χ0v) is 20.9. The van der Waals surface area contributed by atoms with Crippen molar-refractivity contribution in [2.75, 3.05) is 18.0 Å². The number of anilines is 1. The van der Waals surface area contributed by atoms with Gasteiger partial charge in [-0.2, -0.15) is 5.10 Å². The first kappa shape index (κ1) is 23.7. The van der Waals surface area contributed by atoms with Crippen molar-refractivity contribution in [3.8, 4) is 11.4 Å². The van der Waals surface area contributed by atoms with Crippen LogP contribution in [0.4, 0.5) is 14.6 Å². The van der Waals surface area contributed by atoms with Crippen molar-refractivity contribution in [3.05, 3.63) is 94.9 Å². The van der Waals surface area contributed by atoms with Gasteiger partial charge >= 0.3 is 0 Å². The Labute approximate surface area is 215 Å². The molecule has 1 unspecified atom stereocenters. The number of fused-ring (bicyclic) bond motifs is 1. The number of hydrogen-bond donors (Lipinski definition) is 1. The molecule has 0 radical (unpaired) electrons. The fraction of sp³-hybridized carbons (Fsp3) is 0.345. The molecular formula is C29H30F2N6. The normalized spacial score (nSPS) is 19.6. The van der Waals surface area contributed by atoms with Gasteiger partial charge in [-0.15, -0.1) is 0 Å². The fourth-order valence-corrected chi connectivity index (χ4v) is 5.85. The molecule has 1 atom stereocenters. The number of pyridine rings is 1. The van der Waals surface area contributed by atoms with E-state index in [4.69, 9.17) is 4.98 Å². The van der Waals surface area contributed by atoms with Gasteiger partial charge in [-0.3, -0.25) is 10.00 Å². The number of benzene rings is 2. The molecule has 6 nitrogen and oxygen atoms in total. The largest absolute Gasteiger partial charge is 0.345 e. The maximum Gasteiger partial charge on any atom is 0.296 e. The third-order valence-corrected chi connectivity index (χ3v) is 7.75. The van der Waals surface area contributed by atoms with E-state index in [0.29, 0.717) is 5.56 Å². The molecule has 0 bridgehead atoms. The van der Waals surface area contributed by atoms with Crippen LogP contribution in [-0.4, -0.2) is 43.7 Å². The molecular weight excluding hydrogens is 470 g/mol. The molecule has 0 aliphatic carbocycles. The monoisotopic (exact) mass is 500 g/mol. The number of nitrogens with one attached hydrogen (secondary N) is 1. The summed E-state index contributed by atoms with van der Waals surface area (Å²) >= 11 is 0. The second kappa shape index (κ2) is 9.67. The molecule has 1 spiro atoms. The first-order chi connectivity index (χ1) is 18.0. The minimum absolute atomic E-state index is 0.00793. The average Bonchev–Trinajstić information content (AvgIpc) is 3.56. The summed E-state index contributed by atoms with van der Waals surface area (Å²) in [6, 6.07) is 23.2. The molecule has 2 aliphatic rings. The number of aromatic nitrogens is 4. The SMILES string of the molecule is Cc1nc2c(cc1-c1n[nH]c(C(F)F)n1)CCC1(CCN(Cc3ccccc3)C1)N2Cc1ccccc1. The van der Waals surface area contributed by atoms with Crippen molar-refractivity contribution < 1.29 is 8.78 Å². The van der Waals surface area contributed by atoms with Crippen LogP contribution in [0.1, 0.15) is 47.5 Å².